The smallest absolute Gasteiger partial charge is 0.239 e. The summed E-state index contributed by atoms with van der Waals surface area (Å²) in [5, 5.41) is 27.2. The van der Waals surface area contributed by atoms with Crippen molar-refractivity contribution in [1.29, 1.82) is 0 Å². The first-order valence-corrected chi connectivity index (χ1v) is 26.2. The minimum Gasteiger partial charge on any atom is -0.489 e. The Labute approximate surface area is 410 Å². The quantitative estimate of drug-likeness (QED) is 0.0317. The first kappa shape index (κ1) is 51.8. The molecule has 4 aromatic carbocycles. The third-order valence-corrected chi connectivity index (χ3v) is 14.7. The first-order chi connectivity index (χ1) is 33.9. The summed E-state index contributed by atoms with van der Waals surface area (Å²) in [6.07, 6.45) is 19.8. The number of aliphatic hydroxyl groups excluding tert-OH is 2. The van der Waals surface area contributed by atoms with Gasteiger partial charge in [-0.2, -0.15) is 0 Å². The van der Waals surface area contributed by atoms with Gasteiger partial charge in [-0.1, -0.05) is 149 Å². The van der Waals surface area contributed by atoms with Gasteiger partial charge in [0.15, 0.2) is 0 Å². The highest BCUT2D eigenvalue weighted by Crippen LogP contribution is 2.62. The first-order valence-electron chi connectivity index (χ1n) is 26.2. The van der Waals surface area contributed by atoms with Crippen LogP contribution < -0.4 is 9.47 Å². The average molecular weight is 945 g/mol. The lowest BCUT2D eigenvalue weighted by atomic mass is 9.55. The number of oxime groups is 1. The summed E-state index contributed by atoms with van der Waals surface area (Å²) in [4.78, 5) is 23.5. The summed E-state index contributed by atoms with van der Waals surface area (Å²) in [6, 6.07) is 26.5. The molecule has 1 saturated carbocycles. The highest BCUT2D eigenvalue weighted by molar-refractivity contribution is 6.03. The van der Waals surface area contributed by atoms with Crippen LogP contribution in [-0.2, 0) is 27.5 Å². The lowest BCUT2D eigenvalue weighted by Gasteiger charge is -2.60. The molecule has 3 aliphatic rings. The van der Waals surface area contributed by atoms with Crippen LogP contribution >= 0.6 is 0 Å². The van der Waals surface area contributed by atoms with Gasteiger partial charge in [0.25, 0.3) is 0 Å². The Hall–Kier alpha value is -5.03. The van der Waals surface area contributed by atoms with E-state index >= 15 is 4.79 Å². The van der Waals surface area contributed by atoms with E-state index in [4.69, 9.17) is 24.2 Å². The zero-order valence-corrected chi connectivity index (χ0v) is 41.3. The fourth-order valence-electron chi connectivity index (χ4n) is 11.4. The molecule has 9 nitrogen and oxygen atoms in total. The van der Waals surface area contributed by atoms with Crippen molar-refractivity contribution >= 4 is 22.4 Å². The SMILES string of the molecule is C=CCOC12Oc3ccc(OCc4ccccc4F)cc3C3C(CCCCO)C(CCCCO)C=C(C(=NOCC)CC1N(Cc1cccc4ccccc14)C(=O)CCCCCCCCCCC)C32. The molecule has 69 heavy (non-hydrogen) atoms. The maximum absolute atomic E-state index is 15.4. The Kier molecular flexibility index (Phi) is 19.7. The molecule has 0 radical (unpaired) electrons. The van der Waals surface area contributed by atoms with Crippen molar-refractivity contribution in [2.75, 3.05) is 26.4 Å². The predicted molar refractivity (Wildman–Crippen MR) is 274 cm³/mol. The van der Waals surface area contributed by atoms with Gasteiger partial charge in [-0.3, -0.25) is 4.79 Å². The number of nitrogens with zero attached hydrogens (tertiary/aromatic N) is 2. The number of allylic oxidation sites excluding steroid dienone is 1. The van der Waals surface area contributed by atoms with Crippen molar-refractivity contribution in [1.82, 2.24) is 4.90 Å². The van der Waals surface area contributed by atoms with Crippen molar-refractivity contribution in [2.45, 2.75) is 154 Å². The fraction of sp³-hybridized carbons (Fsp3) is 0.525. The second-order valence-corrected chi connectivity index (χ2v) is 19.3. The van der Waals surface area contributed by atoms with E-state index in [1.165, 1.54) is 44.6 Å². The number of aliphatic hydroxyl groups is 2. The minimum absolute atomic E-state index is 0.0423. The standard InChI is InChI=1S/C59H77FN2O7/c1-4-7-8-9-10-11-12-13-14-32-56(65)62(41-45-28-23-27-43-24-15-17-29-48(43)45)55-40-53(61-68-6-3)50-38-44(25-19-21-35-63)49(30-20-22-36-64)57-51-39-47(66-42-46-26-16-18-31-52(46)60)33-34-54(51)69-59(55,58(50)57)67-37-5-2/h5,15-18,23-24,26-29,31,33-34,38-39,44,49,55,57-58,63-64H,2,4,6-14,19-22,25,30,32,35-37,40-42H2,1,3H3. The molecule has 2 aliphatic carbocycles. The Balaban J connectivity index is 1.37. The highest BCUT2D eigenvalue weighted by atomic mass is 19.1. The summed E-state index contributed by atoms with van der Waals surface area (Å²) >= 11 is 0. The lowest BCUT2D eigenvalue weighted by Crippen LogP contribution is -2.70. The molecule has 372 valence electrons. The number of benzene rings is 4. The summed E-state index contributed by atoms with van der Waals surface area (Å²) in [6.45, 7) is 9.44. The van der Waals surface area contributed by atoms with Crippen LogP contribution in [0.15, 0.2) is 114 Å². The van der Waals surface area contributed by atoms with Gasteiger partial charge in [0.05, 0.1) is 18.2 Å². The number of carbonyl (C=O) groups excluding carboxylic acids is 1. The van der Waals surface area contributed by atoms with Crippen LogP contribution in [0, 0.1) is 23.6 Å². The average Bonchev–Trinajstić information content (AvgIpc) is 3.37. The molecule has 1 fully saturated rings. The summed E-state index contributed by atoms with van der Waals surface area (Å²) in [5.41, 5.74) is 4.21. The van der Waals surface area contributed by atoms with E-state index in [0.717, 1.165) is 78.1 Å². The zero-order chi connectivity index (χ0) is 48.4. The van der Waals surface area contributed by atoms with Crippen molar-refractivity contribution in [2.24, 2.45) is 22.9 Å². The van der Waals surface area contributed by atoms with E-state index in [2.05, 4.69) is 62.0 Å². The number of amides is 1. The molecule has 1 aliphatic heterocycles. The van der Waals surface area contributed by atoms with Crippen molar-refractivity contribution in [3.8, 4) is 11.5 Å². The fourth-order valence-corrected chi connectivity index (χ4v) is 11.4. The molecule has 0 saturated heterocycles. The van der Waals surface area contributed by atoms with Gasteiger partial charge in [-0.15, -0.1) is 6.58 Å². The van der Waals surface area contributed by atoms with Crippen LogP contribution in [0.25, 0.3) is 10.8 Å². The van der Waals surface area contributed by atoms with Gasteiger partial charge in [0.1, 0.15) is 36.6 Å². The third-order valence-electron chi connectivity index (χ3n) is 14.7. The van der Waals surface area contributed by atoms with E-state index in [0.29, 0.717) is 55.9 Å². The van der Waals surface area contributed by atoms with Gasteiger partial charge in [0.2, 0.25) is 11.7 Å². The number of unbranched alkanes of at least 4 members (excludes halogenated alkanes) is 10. The largest absolute Gasteiger partial charge is 0.489 e. The van der Waals surface area contributed by atoms with E-state index < -0.39 is 17.7 Å². The molecule has 7 rings (SSSR count). The zero-order valence-electron chi connectivity index (χ0n) is 41.3. The van der Waals surface area contributed by atoms with Crippen molar-refractivity contribution in [3.63, 3.8) is 0 Å². The highest BCUT2D eigenvalue weighted by Gasteiger charge is 2.65. The van der Waals surface area contributed by atoms with Crippen molar-refractivity contribution in [3.05, 3.63) is 132 Å². The maximum atomic E-state index is 15.4. The Morgan fingerprint density at radius 2 is 1.57 bits per heavy atom. The molecular weight excluding hydrogens is 868 g/mol. The minimum atomic E-state index is -1.39. The number of rotatable bonds is 29. The number of hydrogen-bond acceptors (Lipinski definition) is 8. The monoisotopic (exact) mass is 945 g/mol. The molecule has 6 unspecified atom stereocenters. The summed E-state index contributed by atoms with van der Waals surface area (Å²) in [5.74, 6) is -0.960. The molecule has 4 aromatic rings. The molecule has 10 heteroatoms. The Morgan fingerprint density at radius 1 is 0.855 bits per heavy atom. The second kappa shape index (κ2) is 26.3. The molecule has 0 bridgehead atoms. The van der Waals surface area contributed by atoms with Gasteiger partial charge < -0.3 is 34.2 Å². The molecule has 0 aromatic heterocycles. The summed E-state index contributed by atoms with van der Waals surface area (Å²) in [7, 11) is 0. The molecule has 0 spiro atoms. The molecule has 1 heterocycles. The number of halogens is 1. The number of ether oxygens (including phenoxy) is 3. The van der Waals surface area contributed by atoms with E-state index in [1.807, 2.05) is 30.0 Å². The maximum Gasteiger partial charge on any atom is 0.239 e. The topological polar surface area (TPSA) is 110 Å². The lowest BCUT2D eigenvalue weighted by molar-refractivity contribution is -0.258. The second-order valence-electron chi connectivity index (χ2n) is 19.3. The molecule has 1 amide bonds. The van der Waals surface area contributed by atoms with Crippen LogP contribution in [0.1, 0.15) is 146 Å². The Bertz CT molecular complexity index is 2330. The van der Waals surface area contributed by atoms with E-state index in [-0.39, 0.29) is 55.9 Å². The number of carbonyl (C=O) groups is 1. The number of hydrogen-bond donors (Lipinski definition) is 2. The number of fused-ring (bicyclic) bond motifs is 3. The van der Waals surface area contributed by atoms with Crippen LogP contribution in [0.2, 0.25) is 0 Å². The molecule has 2 N–H and O–H groups in total. The summed E-state index contributed by atoms with van der Waals surface area (Å²) < 4.78 is 36.1. The third kappa shape index (κ3) is 12.7. The van der Waals surface area contributed by atoms with Crippen LogP contribution in [-0.4, -0.2) is 65.0 Å². The van der Waals surface area contributed by atoms with Crippen LogP contribution in [0.3, 0.4) is 0 Å². The normalized spacial score (nSPS) is 22.1. The van der Waals surface area contributed by atoms with Gasteiger partial charge >= 0.3 is 0 Å². The van der Waals surface area contributed by atoms with Crippen molar-refractivity contribution < 1.29 is 38.4 Å². The van der Waals surface area contributed by atoms with Crippen LogP contribution in [0.4, 0.5) is 4.39 Å². The van der Waals surface area contributed by atoms with Gasteiger partial charge in [0, 0.05) is 49.6 Å². The Morgan fingerprint density at radius 3 is 2.32 bits per heavy atom. The van der Waals surface area contributed by atoms with Crippen LogP contribution in [0.5, 0.6) is 11.5 Å². The van der Waals surface area contributed by atoms with E-state index in [9.17, 15) is 14.6 Å². The van der Waals surface area contributed by atoms with Gasteiger partial charge in [-0.05, 0) is 97.0 Å². The van der Waals surface area contributed by atoms with E-state index in [1.54, 1.807) is 24.3 Å². The molecule has 6 atom stereocenters. The predicted octanol–water partition coefficient (Wildman–Crippen LogP) is 13.2. The molecular formula is C59H77FN2O7. The van der Waals surface area contributed by atoms with Gasteiger partial charge in [-0.25, -0.2) is 4.39 Å².